The normalized spacial score (nSPS) is 13.0. The monoisotopic (exact) mass is 544 g/mol. The van der Waals surface area contributed by atoms with Crippen molar-refractivity contribution >= 4 is 43.4 Å². The first-order valence-electron chi connectivity index (χ1n) is 10.4. The van der Waals surface area contributed by atoms with Gasteiger partial charge in [0.25, 0.3) is 0 Å². The summed E-state index contributed by atoms with van der Waals surface area (Å²) in [5.41, 5.74) is 7.93. The van der Waals surface area contributed by atoms with Crippen LogP contribution >= 0.6 is 12.4 Å². The van der Waals surface area contributed by atoms with Crippen LogP contribution in [0.1, 0.15) is 5.69 Å². The summed E-state index contributed by atoms with van der Waals surface area (Å²) < 4.78 is 69.4. The van der Waals surface area contributed by atoms with Gasteiger partial charge in [0.2, 0.25) is 20.0 Å². The number of benzene rings is 2. The molecule has 2 aromatic carbocycles. The molecule has 0 amide bonds. The first-order chi connectivity index (χ1) is 15.8. The number of sulfonamides is 2. The van der Waals surface area contributed by atoms with E-state index in [0.29, 0.717) is 27.7 Å². The van der Waals surface area contributed by atoms with Gasteiger partial charge in [0, 0.05) is 56.9 Å². The summed E-state index contributed by atoms with van der Waals surface area (Å²) in [5, 5.41) is 0.570. The molecule has 1 aromatic heterocycles. The second-order valence-electron chi connectivity index (χ2n) is 8.21. The second kappa shape index (κ2) is 10.8. The Morgan fingerprint density at radius 2 is 1.54 bits per heavy atom. The van der Waals surface area contributed by atoms with Crippen molar-refractivity contribution in [3.8, 4) is 11.1 Å². The lowest BCUT2D eigenvalue weighted by Crippen LogP contribution is -2.22. The van der Waals surface area contributed by atoms with Gasteiger partial charge in [-0.25, -0.2) is 29.8 Å². The number of nitrogens with zero attached hydrogens (tertiary/aromatic N) is 3. The highest BCUT2D eigenvalue weighted by Gasteiger charge is 2.24. The van der Waals surface area contributed by atoms with Crippen LogP contribution in [0.15, 0.2) is 64.2 Å². The van der Waals surface area contributed by atoms with Gasteiger partial charge in [-0.3, -0.25) is 0 Å². The average Bonchev–Trinajstić information content (AvgIpc) is 3.04. The number of halogens is 2. The lowest BCUT2D eigenvalue weighted by Gasteiger charge is -2.13. The van der Waals surface area contributed by atoms with E-state index >= 15 is 0 Å². The number of nitrogens with two attached hydrogens (primary N) is 1. The third-order valence-electron chi connectivity index (χ3n) is 5.62. The Bertz CT molecular complexity index is 1480. The molecule has 0 radical (unpaired) electrons. The van der Waals surface area contributed by atoms with Gasteiger partial charge in [-0.05, 0) is 48.9 Å². The molecule has 0 unspecified atom stereocenters. The molecule has 2 N–H and O–H groups in total. The van der Waals surface area contributed by atoms with Gasteiger partial charge in [0.15, 0.2) is 0 Å². The highest BCUT2D eigenvalue weighted by atomic mass is 35.5. The molecule has 0 atom stereocenters. The summed E-state index contributed by atoms with van der Waals surface area (Å²) in [4.78, 5) is 0.181. The number of hydrogen-bond donors (Lipinski definition) is 1. The zero-order valence-corrected chi connectivity index (χ0v) is 22.6. The molecule has 0 saturated carbocycles. The zero-order chi connectivity index (χ0) is 25.4. The van der Waals surface area contributed by atoms with E-state index in [-0.39, 0.29) is 35.3 Å². The molecule has 1 heterocycles. The lowest BCUT2D eigenvalue weighted by molar-refractivity contribution is 0.520. The zero-order valence-electron chi connectivity index (χ0n) is 20.2. The van der Waals surface area contributed by atoms with Crippen LogP contribution in [0.5, 0.6) is 0 Å². The maximum absolute atomic E-state index is 14.5. The molecule has 0 spiro atoms. The summed E-state index contributed by atoms with van der Waals surface area (Å²) >= 11 is 0. The van der Waals surface area contributed by atoms with Gasteiger partial charge in [0.1, 0.15) is 5.83 Å². The van der Waals surface area contributed by atoms with Crippen LogP contribution in [0.4, 0.5) is 4.39 Å². The van der Waals surface area contributed by atoms with Crippen molar-refractivity contribution in [3.05, 3.63) is 60.1 Å². The Morgan fingerprint density at radius 3 is 2.09 bits per heavy atom. The largest absolute Gasteiger partial charge is 0.337 e. The predicted molar refractivity (Wildman–Crippen MR) is 139 cm³/mol. The minimum Gasteiger partial charge on any atom is -0.337 e. The molecule has 0 bridgehead atoms. The molecule has 3 rings (SSSR count). The molecular weight excluding hydrogens is 515 g/mol. The molecule has 0 fully saturated rings. The van der Waals surface area contributed by atoms with E-state index in [1.807, 2.05) is 0 Å². The Hall–Kier alpha value is -2.28. The number of fused-ring (bicyclic) bond motifs is 1. The van der Waals surface area contributed by atoms with Gasteiger partial charge < -0.3 is 10.3 Å². The van der Waals surface area contributed by atoms with E-state index in [1.54, 1.807) is 41.8 Å². The van der Waals surface area contributed by atoms with Gasteiger partial charge >= 0.3 is 0 Å². The van der Waals surface area contributed by atoms with Crippen LogP contribution in [0.2, 0.25) is 0 Å². The molecule has 0 aliphatic rings. The maximum Gasteiger partial charge on any atom is 0.242 e. The summed E-state index contributed by atoms with van der Waals surface area (Å²) in [7, 11) is -1.64. The maximum atomic E-state index is 14.5. The molecule has 35 heavy (non-hydrogen) atoms. The SMILES string of the molecule is Cc1c(-c2cccc(S(=O)(=O)N(C)C)c2)c2cc(S(=O)(=O)N(C)C)ccc2n1CC(F)=CCN.Cl. The third-order valence-corrected chi connectivity index (χ3v) is 9.25. The molecular formula is C23H30ClFN4O4S2. The Labute approximate surface area is 212 Å². The summed E-state index contributed by atoms with van der Waals surface area (Å²) in [5.74, 6) is -0.428. The summed E-state index contributed by atoms with van der Waals surface area (Å²) in [6, 6.07) is 11.1. The second-order valence-corrected chi connectivity index (χ2v) is 12.5. The first-order valence-corrected chi connectivity index (χ1v) is 13.3. The lowest BCUT2D eigenvalue weighted by atomic mass is 10.0. The molecule has 3 aromatic rings. The topological polar surface area (TPSA) is 106 Å². The van der Waals surface area contributed by atoms with Crippen molar-refractivity contribution < 1.29 is 21.2 Å². The highest BCUT2D eigenvalue weighted by molar-refractivity contribution is 7.89. The van der Waals surface area contributed by atoms with E-state index in [2.05, 4.69) is 0 Å². The summed E-state index contributed by atoms with van der Waals surface area (Å²) in [6.07, 6.45) is 1.28. The van der Waals surface area contributed by atoms with Crippen LogP contribution in [0, 0.1) is 6.92 Å². The number of aromatic nitrogens is 1. The summed E-state index contributed by atoms with van der Waals surface area (Å²) in [6.45, 7) is 1.75. The number of hydrogen-bond acceptors (Lipinski definition) is 5. The Morgan fingerprint density at radius 1 is 0.971 bits per heavy atom. The van der Waals surface area contributed by atoms with Crippen LogP contribution in [-0.4, -0.2) is 64.7 Å². The van der Waals surface area contributed by atoms with Crippen LogP contribution in [0.3, 0.4) is 0 Å². The van der Waals surface area contributed by atoms with Crippen molar-refractivity contribution in [2.45, 2.75) is 23.3 Å². The molecule has 12 heteroatoms. The predicted octanol–water partition coefficient (Wildman–Crippen LogP) is 3.35. The highest BCUT2D eigenvalue weighted by Crippen LogP contribution is 2.37. The van der Waals surface area contributed by atoms with Gasteiger partial charge in [-0.15, -0.1) is 12.4 Å². The fourth-order valence-corrected chi connectivity index (χ4v) is 5.64. The van der Waals surface area contributed by atoms with Crippen molar-refractivity contribution in [2.75, 3.05) is 34.7 Å². The molecule has 8 nitrogen and oxygen atoms in total. The molecule has 192 valence electrons. The minimum atomic E-state index is -3.73. The van der Waals surface area contributed by atoms with Gasteiger partial charge in [-0.2, -0.15) is 0 Å². The fraction of sp³-hybridized carbons (Fsp3) is 0.304. The molecule has 0 aliphatic carbocycles. The van der Waals surface area contributed by atoms with Crippen LogP contribution < -0.4 is 5.73 Å². The fourth-order valence-electron chi connectivity index (χ4n) is 3.77. The minimum absolute atomic E-state index is 0. The smallest absolute Gasteiger partial charge is 0.242 e. The average molecular weight is 545 g/mol. The Balaban J connectivity index is 0.00000432. The third kappa shape index (κ3) is 5.45. The van der Waals surface area contributed by atoms with E-state index in [9.17, 15) is 21.2 Å². The van der Waals surface area contributed by atoms with Crippen LogP contribution in [-0.2, 0) is 26.6 Å². The standard InChI is InChI=1S/C23H29FN4O4S2.ClH/c1-16-23(17-7-6-8-19(13-17)33(29,30)26(2)3)21-14-20(34(31,32)27(4)5)9-10-22(21)28(16)15-18(24)11-12-25;/h6-11,13-14H,12,15,25H2,1-5H3;1H. The van der Waals surface area contributed by atoms with Gasteiger partial charge in [0.05, 0.1) is 16.3 Å². The van der Waals surface area contributed by atoms with Crippen molar-refractivity contribution in [3.63, 3.8) is 0 Å². The van der Waals surface area contributed by atoms with Crippen molar-refractivity contribution in [2.24, 2.45) is 5.73 Å². The van der Waals surface area contributed by atoms with E-state index < -0.39 is 25.9 Å². The Kier molecular flexibility index (Phi) is 8.91. The van der Waals surface area contributed by atoms with Crippen molar-refractivity contribution in [1.29, 1.82) is 0 Å². The number of allylic oxidation sites excluding steroid dienone is 1. The van der Waals surface area contributed by atoms with Crippen molar-refractivity contribution in [1.82, 2.24) is 13.2 Å². The van der Waals surface area contributed by atoms with E-state index in [0.717, 1.165) is 8.61 Å². The van der Waals surface area contributed by atoms with E-state index in [1.165, 1.54) is 46.4 Å². The van der Waals surface area contributed by atoms with E-state index in [4.69, 9.17) is 5.73 Å². The van der Waals surface area contributed by atoms with Crippen LogP contribution in [0.25, 0.3) is 22.0 Å². The number of rotatable bonds is 8. The van der Waals surface area contributed by atoms with Gasteiger partial charge in [-0.1, -0.05) is 12.1 Å². The molecule has 0 saturated heterocycles. The first kappa shape index (κ1) is 29.0. The molecule has 0 aliphatic heterocycles. The quantitative estimate of drug-likeness (QED) is 0.468.